The van der Waals surface area contributed by atoms with Crippen LogP contribution in [0, 0.1) is 0 Å². The van der Waals surface area contributed by atoms with Crippen LogP contribution in [0.3, 0.4) is 0 Å². The standard InChI is InChI=1S/C11H11ClN2O/c12-10-4-2-1-3-9(10)11(15)7-14-6-5-13-8-14/h1-6,8,11,15H,7H2. The van der Waals surface area contributed by atoms with E-state index < -0.39 is 6.10 Å². The normalized spacial score (nSPS) is 12.7. The molecule has 2 rings (SSSR count). The average molecular weight is 223 g/mol. The molecule has 0 aliphatic rings. The summed E-state index contributed by atoms with van der Waals surface area (Å²) < 4.78 is 1.81. The molecule has 3 nitrogen and oxygen atoms in total. The fraction of sp³-hybridized carbons (Fsp3) is 0.182. The van der Waals surface area contributed by atoms with Crippen LogP contribution in [0.25, 0.3) is 0 Å². The molecule has 0 saturated heterocycles. The minimum absolute atomic E-state index is 0.462. The Morgan fingerprint density at radius 2 is 2.20 bits per heavy atom. The molecule has 0 saturated carbocycles. The van der Waals surface area contributed by atoms with Gasteiger partial charge >= 0.3 is 0 Å². The predicted octanol–water partition coefficient (Wildman–Crippen LogP) is 2.27. The summed E-state index contributed by atoms with van der Waals surface area (Å²) >= 11 is 5.97. The molecule has 0 bridgehead atoms. The van der Waals surface area contributed by atoms with Gasteiger partial charge in [-0.25, -0.2) is 4.98 Å². The van der Waals surface area contributed by atoms with Gasteiger partial charge in [0.05, 0.1) is 19.0 Å². The Balaban J connectivity index is 2.15. The van der Waals surface area contributed by atoms with Gasteiger partial charge in [0.25, 0.3) is 0 Å². The smallest absolute Gasteiger partial charge is 0.0983 e. The summed E-state index contributed by atoms with van der Waals surface area (Å²) in [4.78, 5) is 3.91. The first-order valence-electron chi connectivity index (χ1n) is 4.65. The zero-order valence-electron chi connectivity index (χ0n) is 8.05. The van der Waals surface area contributed by atoms with E-state index in [2.05, 4.69) is 4.98 Å². The van der Waals surface area contributed by atoms with Crippen molar-refractivity contribution < 1.29 is 5.11 Å². The van der Waals surface area contributed by atoms with E-state index in [0.717, 1.165) is 5.56 Å². The van der Waals surface area contributed by atoms with Crippen molar-refractivity contribution >= 4 is 11.6 Å². The number of halogens is 1. The summed E-state index contributed by atoms with van der Waals surface area (Å²) in [5.74, 6) is 0. The maximum atomic E-state index is 9.94. The van der Waals surface area contributed by atoms with E-state index in [1.807, 2.05) is 22.8 Å². The Morgan fingerprint density at radius 3 is 2.87 bits per heavy atom. The molecular weight excluding hydrogens is 212 g/mol. The van der Waals surface area contributed by atoms with Gasteiger partial charge in [-0.1, -0.05) is 29.8 Å². The SMILES string of the molecule is OC(Cn1ccnc1)c1ccccc1Cl. The van der Waals surface area contributed by atoms with Crippen LogP contribution in [0.15, 0.2) is 43.0 Å². The predicted molar refractivity (Wildman–Crippen MR) is 58.6 cm³/mol. The van der Waals surface area contributed by atoms with E-state index in [-0.39, 0.29) is 0 Å². The van der Waals surface area contributed by atoms with Crippen molar-refractivity contribution in [3.63, 3.8) is 0 Å². The molecule has 1 atom stereocenters. The third-order valence-electron chi connectivity index (χ3n) is 2.21. The third-order valence-corrected chi connectivity index (χ3v) is 2.55. The Morgan fingerprint density at radius 1 is 1.40 bits per heavy atom. The van der Waals surface area contributed by atoms with E-state index in [1.165, 1.54) is 0 Å². The lowest BCUT2D eigenvalue weighted by molar-refractivity contribution is 0.156. The van der Waals surface area contributed by atoms with Crippen LogP contribution in [0.1, 0.15) is 11.7 Å². The van der Waals surface area contributed by atoms with Gasteiger partial charge in [-0.3, -0.25) is 0 Å². The molecule has 1 heterocycles. The lowest BCUT2D eigenvalue weighted by atomic mass is 10.1. The van der Waals surface area contributed by atoms with E-state index in [0.29, 0.717) is 11.6 Å². The largest absolute Gasteiger partial charge is 0.386 e. The molecule has 1 N–H and O–H groups in total. The van der Waals surface area contributed by atoms with Crippen molar-refractivity contribution in [1.29, 1.82) is 0 Å². The molecule has 0 aliphatic heterocycles. The maximum Gasteiger partial charge on any atom is 0.0983 e. The second-order valence-corrected chi connectivity index (χ2v) is 3.70. The lowest BCUT2D eigenvalue weighted by Gasteiger charge is -2.12. The Kier molecular flexibility index (Phi) is 3.04. The molecule has 0 radical (unpaired) electrons. The van der Waals surface area contributed by atoms with Crippen molar-refractivity contribution in [1.82, 2.24) is 9.55 Å². The van der Waals surface area contributed by atoms with Crippen LogP contribution in [0.5, 0.6) is 0 Å². The van der Waals surface area contributed by atoms with Gasteiger partial charge in [-0.2, -0.15) is 0 Å². The minimum Gasteiger partial charge on any atom is -0.386 e. The van der Waals surface area contributed by atoms with Gasteiger partial charge in [-0.15, -0.1) is 0 Å². The Bertz CT molecular complexity index is 428. The number of benzene rings is 1. The molecule has 1 unspecified atom stereocenters. The minimum atomic E-state index is -0.604. The van der Waals surface area contributed by atoms with E-state index >= 15 is 0 Å². The summed E-state index contributed by atoms with van der Waals surface area (Å²) in [6, 6.07) is 7.30. The second-order valence-electron chi connectivity index (χ2n) is 3.30. The zero-order valence-corrected chi connectivity index (χ0v) is 8.80. The highest BCUT2D eigenvalue weighted by atomic mass is 35.5. The number of imidazole rings is 1. The third kappa shape index (κ3) is 2.37. The van der Waals surface area contributed by atoms with Crippen LogP contribution < -0.4 is 0 Å². The molecule has 1 aromatic carbocycles. The number of hydrogen-bond donors (Lipinski definition) is 1. The zero-order chi connectivity index (χ0) is 10.7. The van der Waals surface area contributed by atoms with Crippen LogP contribution in [-0.4, -0.2) is 14.7 Å². The molecule has 15 heavy (non-hydrogen) atoms. The molecule has 0 spiro atoms. The van der Waals surface area contributed by atoms with Gasteiger partial charge in [0.2, 0.25) is 0 Å². The number of aliphatic hydroxyl groups excluding tert-OH is 1. The molecule has 1 aromatic heterocycles. The summed E-state index contributed by atoms with van der Waals surface area (Å²) in [6.45, 7) is 0.462. The Labute approximate surface area is 93.0 Å². The first-order valence-corrected chi connectivity index (χ1v) is 5.03. The van der Waals surface area contributed by atoms with Gasteiger partial charge in [0.15, 0.2) is 0 Å². The number of aromatic nitrogens is 2. The van der Waals surface area contributed by atoms with Crippen molar-refractivity contribution in [3.8, 4) is 0 Å². The van der Waals surface area contributed by atoms with E-state index in [4.69, 9.17) is 11.6 Å². The van der Waals surface area contributed by atoms with Crippen molar-refractivity contribution in [2.24, 2.45) is 0 Å². The molecule has 0 fully saturated rings. The van der Waals surface area contributed by atoms with E-state index in [9.17, 15) is 5.11 Å². The van der Waals surface area contributed by atoms with Crippen molar-refractivity contribution in [3.05, 3.63) is 53.6 Å². The van der Waals surface area contributed by atoms with Crippen molar-refractivity contribution in [2.75, 3.05) is 0 Å². The van der Waals surface area contributed by atoms with Crippen LogP contribution in [0.2, 0.25) is 5.02 Å². The summed E-state index contributed by atoms with van der Waals surface area (Å²) in [5.41, 5.74) is 0.743. The molecular formula is C11H11ClN2O. The second kappa shape index (κ2) is 4.47. The molecule has 0 aliphatic carbocycles. The Hall–Kier alpha value is -1.32. The first kappa shape index (κ1) is 10.2. The van der Waals surface area contributed by atoms with Crippen LogP contribution in [0.4, 0.5) is 0 Å². The number of hydrogen-bond acceptors (Lipinski definition) is 2. The summed E-state index contributed by atoms with van der Waals surface area (Å²) in [6.07, 6.45) is 4.55. The monoisotopic (exact) mass is 222 g/mol. The first-order chi connectivity index (χ1) is 7.27. The fourth-order valence-corrected chi connectivity index (χ4v) is 1.70. The number of rotatable bonds is 3. The number of nitrogens with zero attached hydrogens (tertiary/aromatic N) is 2. The quantitative estimate of drug-likeness (QED) is 0.865. The topological polar surface area (TPSA) is 38.0 Å². The van der Waals surface area contributed by atoms with Gasteiger partial charge in [0, 0.05) is 23.0 Å². The van der Waals surface area contributed by atoms with Gasteiger partial charge < -0.3 is 9.67 Å². The maximum absolute atomic E-state index is 9.94. The highest BCUT2D eigenvalue weighted by Gasteiger charge is 2.10. The van der Waals surface area contributed by atoms with Crippen LogP contribution in [-0.2, 0) is 6.54 Å². The van der Waals surface area contributed by atoms with E-state index in [1.54, 1.807) is 24.8 Å². The van der Waals surface area contributed by atoms with Gasteiger partial charge in [-0.05, 0) is 6.07 Å². The average Bonchev–Trinajstić information content (AvgIpc) is 2.71. The summed E-state index contributed by atoms with van der Waals surface area (Å²) in [5, 5.41) is 10.5. The molecule has 4 heteroatoms. The fourth-order valence-electron chi connectivity index (χ4n) is 1.44. The molecule has 0 amide bonds. The van der Waals surface area contributed by atoms with Crippen LogP contribution >= 0.6 is 11.6 Å². The molecule has 78 valence electrons. The van der Waals surface area contributed by atoms with Crippen molar-refractivity contribution in [2.45, 2.75) is 12.6 Å². The highest BCUT2D eigenvalue weighted by Crippen LogP contribution is 2.23. The van der Waals surface area contributed by atoms with Gasteiger partial charge in [0.1, 0.15) is 0 Å². The highest BCUT2D eigenvalue weighted by molar-refractivity contribution is 6.31. The lowest BCUT2D eigenvalue weighted by Crippen LogP contribution is -2.07. The summed E-state index contributed by atoms with van der Waals surface area (Å²) in [7, 11) is 0. The molecule has 2 aromatic rings. The number of aliphatic hydroxyl groups is 1.